The van der Waals surface area contributed by atoms with Crippen molar-refractivity contribution in [2.24, 2.45) is 0 Å². The summed E-state index contributed by atoms with van der Waals surface area (Å²) in [5.41, 5.74) is 1.59. The molecule has 0 saturated carbocycles. The zero-order chi connectivity index (χ0) is 25.6. The average Bonchev–Trinajstić information content (AvgIpc) is 3.13. The summed E-state index contributed by atoms with van der Waals surface area (Å²) in [6.45, 7) is 8.31. The molecule has 0 bridgehead atoms. The third-order valence-corrected chi connectivity index (χ3v) is 4.77. The molecular formula is C24H31N7O4. The molecule has 0 spiro atoms. The third-order valence-electron chi connectivity index (χ3n) is 4.77. The van der Waals surface area contributed by atoms with Crippen LogP contribution in [0.5, 0.6) is 11.5 Å². The number of ether oxygens (including phenoxy) is 3. The van der Waals surface area contributed by atoms with Crippen molar-refractivity contribution in [1.82, 2.24) is 19.9 Å². The van der Waals surface area contributed by atoms with Crippen molar-refractivity contribution in [2.45, 2.75) is 39.7 Å². The van der Waals surface area contributed by atoms with Gasteiger partial charge in [-0.3, -0.25) is 0 Å². The minimum absolute atomic E-state index is 0.310. The minimum atomic E-state index is -0.539. The summed E-state index contributed by atoms with van der Waals surface area (Å²) in [7, 11) is 3.13. The van der Waals surface area contributed by atoms with E-state index in [1.54, 1.807) is 36.9 Å². The van der Waals surface area contributed by atoms with Gasteiger partial charge in [-0.2, -0.15) is 9.78 Å². The summed E-state index contributed by atoms with van der Waals surface area (Å²) in [5.74, 6) is 2.24. The number of aryl methyl sites for hydroxylation is 1. The van der Waals surface area contributed by atoms with E-state index in [0.29, 0.717) is 59.5 Å². The normalized spacial score (nSPS) is 11.0. The Bertz CT molecular complexity index is 1220. The molecule has 1 aromatic carbocycles. The van der Waals surface area contributed by atoms with Gasteiger partial charge in [0.1, 0.15) is 34.6 Å². The monoisotopic (exact) mass is 481 g/mol. The van der Waals surface area contributed by atoms with Crippen LogP contribution in [-0.4, -0.2) is 53.6 Å². The Labute approximate surface area is 204 Å². The van der Waals surface area contributed by atoms with Crippen LogP contribution in [0.2, 0.25) is 0 Å². The molecule has 35 heavy (non-hydrogen) atoms. The number of fused-ring (bicyclic) bond motifs is 1. The highest BCUT2D eigenvalue weighted by molar-refractivity contribution is 5.74. The van der Waals surface area contributed by atoms with Crippen molar-refractivity contribution < 1.29 is 19.0 Å². The molecule has 186 valence electrons. The van der Waals surface area contributed by atoms with E-state index < -0.39 is 11.7 Å². The topological polar surface area (TPSA) is 135 Å². The molecular weight excluding hydrogens is 450 g/mol. The highest BCUT2D eigenvalue weighted by atomic mass is 16.6. The first-order valence-electron chi connectivity index (χ1n) is 11.1. The molecule has 2 aromatic heterocycles. The number of benzene rings is 1. The van der Waals surface area contributed by atoms with Crippen molar-refractivity contribution in [2.75, 3.05) is 37.9 Å². The second kappa shape index (κ2) is 10.8. The predicted octanol–water partition coefficient (Wildman–Crippen LogP) is 4.00. The second-order valence-corrected chi connectivity index (χ2v) is 8.79. The molecule has 0 fully saturated rings. The molecule has 0 aliphatic carbocycles. The Hall–Kier alpha value is -4.20. The maximum Gasteiger partial charge on any atom is 0.407 e. The number of anilines is 3. The smallest absolute Gasteiger partial charge is 0.407 e. The fourth-order valence-electron chi connectivity index (χ4n) is 3.28. The number of amides is 1. The molecule has 0 atom stereocenters. The molecule has 11 nitrogen and oxygen atoms in total. The summed E-state index contributed by atoms with van der Waals surface area (Å²) in [6, 6.07) is 9.36. The summed E-state index contributed by atoms with van der Waals surface area (Å²) >= 11 is 0. The van der Waals surface area contributed by atoms with Gasteiger partial charge in [-0.25, -0.2) is 9.78 Å². The lowest BCUT2D eigenvalue weighted by Crippen LogP contribution is -2.33. The standard InChI is InChI=1S/C24H31N7O4/c1-15-10-20(26-8-7-9-27-23(32)35-24(2,3)4)31-22(28-15)19(14-25)21(30-31)29-16-11-17(33-5)13-18(12-16)34-6/h10-13,26H,7-9H2,1-6H3,(H,27,32)(H,29,30). The molecule has 0 unspecified atom stereocenters. The van der Waals surface area contributed by atoms with Crippen LogP contribution < -0.4 is 25.4 Å². The van der Waals surface area contributed by atoms with E-state index in [0.717, 1.165) is 5.69 Å². The van der Waals surface area contributed by atoms with Crippen molar-refractivity contribution >= 4 is 29.1 Å². The predicted molar refractivity (Wildman–Crippen MR) is 133 cm³/mol. The minimum Gasteiger partial charge on any atom is -0.497 e. The number of nitrogens with one attached hydrogen (secondary N) is 3. The Balaban J connectivity index is 1.77. The van der Waals surface area contributed by atoms with Crippen LogP contribution in [-0.2, 0) is 4.74 Å². The number of nitrogens with zero attached hydrogens (tertiary/aromatic N) is 4. The molecule has 0 radical (unpaired) electrons. The molecule has 11 heteroatoms. The van der Waals surface area contributed by atoms with E-state index >= 15 is 0 Å². The number of carbonyl (C=O) groups is 1. The molecule has 3 aromatic rings. The Morgan fingerprint density at radius 3 is 2.40 bits per heavy atom. The second-order valence-electron chi connectivity index (χ2n) is 8.79. The first-order chi connectivity index (χ1) is 16.6. The van der Waals surface area contributed by atoms with Crippen molar-refractivity contribution in [3.8, 4) is 17.6 Å². The van der Waals surface area contributed by atoms with E-state index in [4.69, 9.17) is 14.2 Å². The van der Waals surface area contributed by atoms with Gasteiger partial charge in [-0.15, -0.1) is 5.10 Å². The fourth-order valence-corrected chi connectivity index (χ4v) is 3.28. The lowest BCUT2D eigenvalue weighted by atomic mass is 10.2. The summed E-state index contributed by atoms with van der Waals surface area (Å²) in [6.07, 6.45) is 0.207. The van der Waals surface area contributed by atoms with Gasteiger partial charge in [-0.05, 0) is 34.1 Å². The van der Waals surface area contributed by atoms with Crippen molar-refractivity contribution in [1.29, 1.82) is 5.26 Å². The van der Waals surface area contributed by atoms with Crippen LogP contribution in [0.15, 0.2) is 24.3 Å². The average molecular weight is 482 g/mol. The van der Waals surface area contributed by atoms with Crippen LogP contribution in [0.25, 0.3) is 5.65 Å². The van der Waals surface area contributed by atoms with Gasteiger partial charge in [0.25, 0.3) is 0 Å². The number of nitriles is 1. The molecule has 0 aliphatic heterocycles. The fraction of sp³-hybridized carbons (Fsp3) is 0.417. The van der Waals surface area contributed by atoms with Gasteiger partial charge in [0.15, 0.2) is 11.5 Å². The number of hydrogen-bond donors (Lipinski definition) is 3. The number of rotatable bonds is 9. The number of aromatic nitrogens is 3. The Kier molecular flexibility index (Phi) is 7.86. The lowest BCUT2D eigenvalue weighted by molar-refractivity contribution is 0.0527. The zero-order valence-corrected chi connectivity index (χ0v) is 20.9. The number of alkyl carbamates (subject to hydrolysis) is 1. The maximum absolute atomic E-state index is 11.8. The van der Waals surface area contributed by atoms with Gasteiger partial charge in [-0.1, -0.05) is 0 Å². The molecule has 3 rings (SSSR count). The Morgan fingerprint density at radius 1 is 1.11 bits per heavy atom. The van der Waals surface area contributed by atoms with Crippen molar-refractivity contribution in [3.63, 3.8) is 0 Å². The number of methoxy groups -OCH3 is 2. The number of hydrogen-bond acceptors (Lipinski definition) is 9. The summed E-state index contributed by atoms with van der Waals surface area (Å²) < 4.78 is 17.5. The maximum atomic E-state index is 11.8. The van der Waals surface area contributed by atoms with Gasteiger partial charge in [0.2, 0.25) is 0 Å². The quantitative estimate of drug-likeness (QED) is 0.388. The van der Waals surface area contributed by atoms with E-state index in [9.17, 15) is 10.1 Å². The zero-order valence-electron chi connectivity index (χ0n) is 20.9. The van der Waals surface area contributed by atoms with E-state index in [2.05, 4.69) is 32.1 Å². The Morgan fingerprint density at radius 2 is 1.80 bits per heavy atom. The van der Waals surface area contributed by atoms with Crippen LogP contribution in [0.1, 0.15) is 38.4 Å². The summed E-state index contributed by atoms with van der Waals surface area (Å²) in [5, 5.41) is 23.6. The first kappa shape index (κ1) is 25.4. The highest BCUT2D eigenvalue weighted by Gasteiger charge is 2.18. The molecule has 0 aliphatic rings. The molecule has 2 heterocycles. The largest absolute Gasteiger partial charge is 0.497 e. The molecule has 3 N–H and O–H groups in total. The number of carbonyl (C=O) groups excluding carboxylic acids is 1. The third kappa shape index (κ3) is 6.66. The van der Waals surface area contributed by atoms with Gasteiger partial charge in [0, 0.05) is 48.7 Å². The highest BCUT2D eigenvalue weighted by Crippen LogP contribution is 2.30. The van der Waals surface area contributed by atoms with Crippen LogP contribution in [0.4, 0.5) is 22.1 Å². The van der Waals surface area contributed by atoms with E-state index in [1.807, 2.05) is 33.8 Å². The van der Waals surface area contributed by atoms with Crippen LogP contribution in [0, 0.1) is 18.3 Å². The van der Waals surface area contributed by atoms with E-state index in [-0.39, 0.29) is 0 Å². The molecule has 0 saturated heterocycles. The van der Waals surface area contributed by atoms with Crippen LogP contribution >= 0.6 is 0 Å². The van der Waals surface area contributed by atoms with Gasteiger partial charge < -0.3 is 30.2 Å². The summed E-state index contributed by atoms with van der Waals surface area (Å²) in [4.78, 5) is 16.3. The van der Waals surface area contributed by atoms with Crippen LogP contribution in [0.3, 0.4) is 0 Å². The molecule has 1 amide bonds. The van der Waals surface area contributed by atoms with E-state index in [1.165, 1.54) is 0 Å². The van der Waals surface area contributed by atoms with Gasteiger partial charge >= 0.3 is 6.09 Å². The SMILES string of the molecule is COc1cc(Nc2nn3c(NCCCNC(=O)OC(C)(C)C)cc(C)nc3c2C#N)cc(OC)c1. The van der Waals surface area contributed by atoms with Crippen molar-refractivity contribution in [3.05, 3.63) is 35.5 Å². The van der Waals surface area contributed by atoms with Gasteiger partial charge in [0.05, 0.1) is 14.2 Å². The lowest BCUT2D eigenvalue weighted by Gasteiger charge is -2.19. The first-order valence-corrected chi connectivity index (χ1v) is 11.1.